The number of benzene rings is 2. The molecule has 1 N–H and O–H groups in total. The average molecular weight is 402 g/mol. The van der Waals surface area contributed by atoms with Crippen LogP contribution < -0.4 is 10.1 Å². The van der Waals surface area contributed by atoms with E-state index in [1.807, 2.05) is 48.5 Å². The van der Waals surface area contributed by atoms with Gasteiger partial charge in [-0.2, -0.15) is 0 Å². The van der Waals surface area contributed by atoms with Crippen molar-refractivity contribution in [2.75, 3.05) is 19.0 Å². The fraction of sp³-hybridized carbons (Fsp3) is 0.292. The zero-order valence-electron chi connectivity index (χ0n) is 17.1. The minimum atomic E-state index is -0.178. The van der Waals surface area contributed by atoms with Crippen molar-refractivity contribution in [1.29, 1.82) is 0 Å². The zero-order valence-corrected chi connectivity index (χ0v) is 17.1. The number of likely N-dealkylation sites (tertiary alicyclic amines) is 1. The first-order valence-corrected chi connectivity index (χ1v) is 10.3. The monoisotopic (exact) mass is 402 g/mol. The highest BCUT2D eigenvalue weighted by Crippen LogP contribution is 2.27. The van der Waals surface area contributed by atoms with E-state index < -0.39 is 0 Å². The van der Waals surface area contributed by atoms with E-state index >= 15 is 0 Å². The lowest BCUT2D eigenvalue weighted by Crippen LogP contribution is -2.46. The molecule has 2 aromatic carbocycles. The van der Waals surface area contributed by atoms with Crippen LogP contribution in [0.2, 0.25) is 0 Å². The van der Waals surface area contributed by atoms with Crippen LogP contribution in [0.25, 0.3) is 11.1 Å². The van der Waals surface area contributed by atoms with Gasteiger partial charge in [-0.1, -0.05) is 30.7 Å². The van der Waals surface area contributed by atoms with Gasteiger partial charge in [-0.15, -0.1) is 0 Å². The highest BCUT2D eigenvalue weighted by atomic mass is 16.5. The first-order chi connectivity index (χ1) is 14.7. The topological polar surface area (TPSA) is 67.3 Å². The van der Waals surface area contributed by atoms with Crippen molar-refractivity contribution >= 4 is 11.6 Å². The second-order valence-corrected chi connectivity index (χ2v) is 7.45. The molecule has 6 heteroatoms. The number of amides is 1. The third kappa shape index (κ3) is 4.83. The van der Waals surface area contributed by atoms with Gasteiger partial charge in [0, 0.05) is 18.1 Å². The van der Waals surface area contributed by atoms with E-state index in [9.17, 15) is 4.79 Å². The molecule has 0 radical (unpaired) electrons. The van der Waals surface area contributed by atoms with Crippen LogP contribution in [-0.2, 0) is 11.3 Å². The lowest BCUT2D eigenvalue weighted by atomic mass is 10.0. The summed E-state index contributed by atoms with van der Waals surface area (Å²) >= 11 is 0. The summed E-state index contributed by atoms with van der Waals surface area (Å²) in [6, 6.07) is 17.5. The molecule has 0 bridgehead atoms. The Kier molecular flexibility index (Phi) is 6.35. The number of anilines is 1. The molecule has 0 aliphatic carbocycles. The van der Waals surface area contributed by atoms with Crippen molar-refractivity contribution in [3.63, 3.8) is 0 Å². The molecule has 1 fully saturated rings. The summed E-state index contributed by atoms with van der Waals surface area (Å²) < 4.78 is 5.33. The number of methoxy groups -OCH3 is 1. The number of piperidine rings is 1. The number of ether oxygens (including phenoxy) is 1. The molecule has 0 saturated carbocycles. The number of nitrogens with one attached hydrogen (secondary N) is 1. The van der Waals surface area contributed by atoms with Gasteiger partial charge in [0.05, 0.1) is 19.7 Å². The predicted molar refractivity (Wildman–Crippen MR) is 117 cm³/mol. The third-order valence-corrected chi connectivity index (χ3v) is 5.41. The van der Waals surface area contributed by atoms with E-state index in [4.69, 9.17) is 4.74 Å². The fourth-order valence-electron chi connectivity index (χ4n) is 3.88. The lowest BCUT2D eigenvalue weighted by Gasteiger charge is -2.34. The van der Waals surface area contributed by atoms with Crippen molar-refractivity contribution in [3.05, 3.63) is 72.8 Å². The number of carbonyl (C=O) groups excluding carboxylic acids is 1. The molecule has 1 amide bonds. The van der Waals surface area contributed by atoms with Gasteiger partial charge in [0.2, 0.25) is 5.91 Å². The van der Waals surface area contributed by atoms with Crippen molar-refractivity contribution in [2.24, 2.45) is 0 Å². The molecule has 1 saturated heterocycles. The average Bonchev–Trinajstić information content (AvgIpc) is 2.80. The van der Waals surface area contributed by atoms with Gasteiger partial charge in [0.1, 0.15) is 11.6 Å². The maximum absolute atomic E-state index is 13.1. The zero-order chi connectivity index (χ0) is 20.8. The van der Waals surface area contributed by atoms with Gasteiger partial charge >= 0.3 is 0 Å². The molecule has 1 aliphatic rings. The Morgan fingerprint density at radius 2 is 1.83 bits per heavy atom. The number of carbonyl (C=O) groups is 1. The summed E-state index contributed by atoms with van der Waals surface area (Å²) in [6.45, 7) is 1.46. The summed E-state index contributed by atoms with van der Waals surface area (Å²) in [5.41, 5.74) is 2.87. The van der Waals surface area contributed by atoms with Gasteiger partial charge in [-0.3, -0.25) is 9.69 Å². The minimum absolute atomic E-state index is 0.0217. The number of nitrogens with zero attached hydrogens (tertiary/aromatic N) is 3. The summed E-state index contributed by atoms with van der Waals surface area (Å²) in [4.78, 5) is 23.9. The van der Waals surface area contributed by atoms with Crippen LogP contribution in [0.5, 0.6) is 5.75 Å². The fourth-order valence-corrected chi connectivity index (χ4v) is 3.88. The smallest absolute Gasteiger partial charge is 0.241 e. The summed E-state index contributed by atoms with van der Waals surface area (Å²) in [7, 11) is 1.66. The summed E-state index contributed by atoms with van der Waals surface area (Å²) in [6.07, 6.45) is 6.46. The highest BCUT2D eigenvalue weighted by molar-refractivity contribution is 5.95. The molecule has 4 rings (SSSR count). The summed E-state index contributed by atoms with van der Waals surface area (Å²) in [5, 5.41) is 3.11. The van der Waals surface area contributed by atoms with Gasteiger partial charge in [0.25, 0.3) is 0 Å². The van der Waals surface area contributed by atoms with Gasteiger partial charge < -0.3 is 10.1 Å². The molecule has 0 spiro atoms. The molecule has 6 nitrogen and oxygen atoms in total. The van der Waals surface area contributed by atoms with E-state index in [0.29, 0.717) is 6.54 Å². The number of aromatic nitrogens is 2. The summed E-state index contributed by atoms with van der Waals surface area (Å²) in [5.74, 6) is 1.58. The Labute approximate surface area is 176 Å². The standard InChI is InChI=1S/C24H26N4O2/c1-30-21-10-5-8-19(16-21)18-7-4-9-20(15-18)27-24(29)22-11-2-3-14-28(22)17-23-25-12-6-13-26-23/h4-10,12-13,15-16,22H,2-3,11,14,17H2,1H3,(H,27,29)/t22-/m1/s1. The quantitative estimate of drug-likeness (QED) is 0.671. The Bertz CT molecular complexity index is 993. The molecule has 0 unspecified atom stereocenters. The van der Waals surface area contributed by atoms with E-state index in [1.54, 1.807) is 25.6 Å². The van der Waals surface area contributed by atoms with Crippen LogP contribution >= 0.6 is 0 Å². The predicted octanol–water partition coefficient (Wildman–Crippen LogP) is 4.15. The normalized spacial score (nSPS) is 16.8. The van der Waals surface area contributed by atoms with Gasteiger partial charge in [-0.05, 0) is 60.8 Å². The first kappa shape index (κ1) is 20.0. The number of rotatable bonds is 6. The van der Waals surface area contributed by atoms with E-state index in [0.717, 1.165) is 54.2 Å². The van der Waals surface area contributed by atoms with Crippen molar-refractivity contribution in [1.82, 2.24) is 14.9 Å². The van der Waals surface area contributed by atoms with E-state index in [2.05, 4.69) is 20.2 Å². The van der Waals surface area contributed by atoms with Crippen LogP contribution in [0.4, 0.5) is 5.69 Å². The Morgan fingerprint density at radius 3 is 2.63 bits per heavy atom. The van der Waals surface area contributed by atoms with Gasteiger partial charge in [0.15, 0.2) is 0 Å². The molecular weight excluding hydrogens is 376 g/mol. The maximum atomic E-state index is 13.1. The van der Waals surface area contributed by atoms with E-state index in [-0.39, 0.29) is 11.9 Å². The van der Waals surface area contributed by atoms with Crippen molar-refractivity contribution < 1.29 is 9.53 Å². The molecule has 30 heavy (non-hydrogen) atoms. The number of hydrogen-bond acceptors (Lipinski definition) is 5. The van der Waals surface area contributed by atoms with Crippen molar-refractivity contribution in [3.8, 4) is 16.9 Å². The lowest BCUT2D eigenvalue weighted by molar-refractivity contribution is -0.122. The molecule has 2 heterocycles. The molecule has 3 aromatic rings. The van der Waals surface area contributed by atoms with Crippen molar-refractivity contribution in [2.45, 2.75) is 31.8 Å². The Morgan fingerprint density at radius 1 is 1.07 bits per heavy atom. The Balaban J connectivity index is 1.48. The largest absolute Gasteiger partial charge is 0.497 e. The van der Waals surface area contributed by atoms with Crippen LogP contribution in [0.15, 0.2) is 67.0 Å². The Hall–Kier alpha value is -3.25. The molecular formula is C24H26N4O2. The maximum Gasteiger partial charge on any atom is 0.241 e. The molecule has 1 aromatic heterocycles. The molecule has 154 valence electrons. The van der Waals surface area contributed by atoms with Crippen LogP contribution in [0.1, 0.15) is 25.1 Å². The molecule has 1 aliphatic heterocycles. The van der Waals surface area contributed by atoms with Crippen LogP contribution in [0.3, 0.4) is 0 Å². The first-order valence-electron chi connectivity index (χ1n) is 10.3. The van der Waals surface area contributed by atoms with Gasteiger partial charge in [-0.25, -0.2) is 9.97 Å². The number of hydrogen-bond donors (Lipinski definition) is 1. The highest BCUT2D eigenvalue weighted by Gasteiger charge is 2.29. The molecule has 1 atom stereocenters. The van der Waals surface area contributed by atoms with Crippen LogP contribution in [-0.4, -0.2) is 40.5 Å². The SMILES string of the molecule is COc1cccc(-c2cccc(NC(=O)[C@H]3CCCCN3Cc3ncccn3)c2)c1. The van der Waals surface area contributed by atoms with Crippen LogP contribution in [0, 0.1) is 0 Å². The second kappa shape index (κ2) is 9.50. The third-order valence-electron chi connectivity index (χ3n) is 5.41. The van der Waals surface area contributed by atoms with E-state index in [1.165, 1.54) is 0 Å². The minimum Gasteiger partial charge on any atom is -0.497 e. The second-order valence-electron chi connectivity index (χ2n) is 7.45.